The summed E-state index contributed by atoms with van der Waals surface area (Å²) in [5.41, 5.74) is -0.359. The SMILES string of the molecule is C.C.C=CCC(C)O.O=S(Cl)Cl.[2H]C([2H])([2H])N(CC(=O)OC(C)CC=C)S(=O)(=O)c1ccc([N+](=O)[O-])cc1.[2H]C([2H])([2H])NCC(=O)OC(C)CC=C. The van der Waals surface area contributed by atoms with Crippen LogP contribution in [0.2, 0.25) is 0 Å². The van der Waals surface area contributed by atoms with E-state index in [0.717, 1.165) is 24.3 Å². The zero-order valence-corrected chi connectivity index (χ0v) is 27.7. The van der Waals surface area contributed by atoms with Crippen molar-refractivity contribution in [3.8, 4) is 0 Å². The highest BCUT2D eigenvalue weighted by atomic mass is 36.0. The number of nitro groups is 1. The fraction of sp³-hybridized carbons (Fsp3) is 0.517. The molecule has 0 heterocycles. The lowest BCUT2D eigenvalue weighted by Gasteiger charge is -2.18. The van der Waals surface area contributed by atoms with Gasteiger partial charge in [0, 0.05) is 61.5 Å². The molecule has 0 spiro atoms. The first kappa shape index (κ1) is 39.5. The maximum atomic E-state index is 12.6. The molecule has 0 saturated carbocycles. The third kappa shape index (κ3) is 30.0. The van der Waals surface area contributed by atoms with E-state index in [2.05, 4.69) is 46.4 Å². The summed E-state index contributed by atoms with van der Waals surface area (Å²) in [6.45, 7) is 8.61. The predicted octanol–water partition coefficient (Wildman–Crippen LogP) is 5.69. The molecule has 13 nitrogen and oxygen atoms in total. The summed E-state index contributed by atoms with van der Waals surface area (Å²) in [6.07, 6.45) is 5.31. The third-order valence-electron chi connectivity index (χ3n) is 4.31. The van der Waals surface area contributed by atoms with Crippen LogP contribution in [-0.4, -0.2) is 84.3 Å². The molecule has 1 aromatic carbocycles. The quantitative estimate of drug-likeness (QED) is 0.0740. The maximum absolute atomic E-state index is 12.6. The number of carbonyl (C=O) groups excluding carboxylic acids is 2. The Kier molecular flexibility index (Phi) is 26.6. The maximum Gasteiger partial charge on any atom is 0.321 e. The molecule has 0 aliphatic rings. The fourth-order valence-electron chi connectivity index (χ4n) is 2.48. The van der Waals surface area contributed by atoms with Gasteiger partial charge in [0.25, 0.3) is 5.69 Å². The molecule has 17 heteroatoms. The van der Waals surface area contributed by atoms with Gasteiger partial charge in [0.2, 0.25) is 19.2 Å². The number of esters is 2. The zero-order valence-electron chi connectivity index (χ0n) is 30.5. The lowest BCUT2D eigenvalue weighted by atomic mass is 10.3. The molecule has 46 heavy (non-hydrogen) atoms. The standard InChI is InChI=1S/C14H18N2O6S.C8H15NO2.C5H10O.2CH4.Cl2OS/c1-4-5-11(2)22-14(17)10-15(3)23(20,21)13-8-6-12(7-9-13)16(18)19;1-4-5-7(2)11-8(10)6-9-3;1-3-4-5(2)6;;;1-4(2)3/h4,6-9,11H,1,5,10H2,2-3H3;4,7,9H,1,5-6H2,2-3H3;3,5-6H,1,4H2,2H3;2*1H4;/i2*3D3;;;;. The number of rotatable bonds is 15. The van der Waals surface area contributed by atoms with E-state index in [4.69, 9.17) is 27.0 Å². The van der Waals surface area contributed by atoms with Crippen LogP contribution in [0.5, 0.6) is 0 Å². The smallest absolute Gasteiger partial charge is 0.321 e. The van der Waals surface area contributed by atoms with E-state index in [9.17, 15) is 28.1 Å². The number of aliphatic hydroxyl groups is 1. The molecule has 0 bridgehead atoms. The molecule has 0 radical (unpaired) electrons. The number of likely N-dealkylation sites (N-methyl/N-ethyl adjacent to an activating group) is 2. The molecule has 0 aromatic heterocycles. The van der Waals surface area contributed by atoms with Crippen molar-refractivity contribution in [2.75, 3.05) is 27.0 Å². The number of carbonyl (C=O) groups is 2. The molecule has 3 atom stereocenters. The van der Waals surface area contributed by atoms with E-state index >= 15 is 0 Å². The summed E-state index contributed by atoms with van der Waals surface area (Å²) in [6, 6.07) is 3.65. The number of nitrogens with one attached hydrogen (secondary N) is 1. The van der Waals surface area contributed by atoms with Gasteiger partial charge in [-0.3, -0.25) is 19.7 Å². The average molecular weight is 743 g/mol. The summed E-state index contributed by atoms with van der Waals surface area (Å²) in [7, 11) is 2.74. The van der Waals surface area contributed by atoms with Gasteiger partial charge in [0.05, 0.1) is 22.5 Å². The van der Waals surface area contributed by atoms with E-state index in [1.165, 1.54) is 6.08 Å². The number of nitrogens with zero attached hydrogens (tertiary/aromatic N) is 2. The van der Waals surface area contributed by atoms with Gasteiger partial charge in [-0.25, -0.2) is 12.6 Å². The number of non-ortho nitro benzene ring substituents is 1. The van der Waals surface area contributed by atoms with Crippen molar-refractivity contribution in [3.63, 3.8) is 0 Å². The van der Waals surface area contributed by atoms with Crippen molar-refractivity contribution in [2.24, 2.45) is 0 Å². The fourth-order valence-corrected chi connectivity index (χ4v) is 3.49. The molecule has 0 fully saturated rings. The predicted molar refractivity (Wildman–Crippen MR) is 187 cm³/mol. The second-order valence-electron chi connectivity index (χ2n) is 8.32. The molecular weight excluding hydrogens is 685 g/mol. The van der Waals surface area contributed by atoms with Crippen LogP contribution in [0.4, 0.5) is 5.69 Å². The molecule has 0 aliphatic carbocycles. The molecule has 2 N–H and O–H groups in total. The summed E-state index contributed by atoms with van der Waals surface area (Å²) in [4.78, 5) is 32.3. The minimum Gasteiger partial charge on any atom is -0.461 e. The van der Waals surface area contributed by atoms with Gasteiger partial charge in [-0.2, -0.15) is 4.31 Å². The van der Waals surface area contributed by atoms with Gasteiger partial charge in [-0.15, -0.1) is 19.7 Å². The number of benzene rings is 1. The van der Waals surface area contributed by atoms with Gasteiger partial charge < -0.3 is 19.9 Å². The van der Waals surface area contributed by atoms with Crippen LogP contribution in [-0.2, 0) is 38.3 Å². The molecule has 1 rings (SSSR count). The Morgan fingerprint density at radius 2 is 1.48 bits per heavy atom. The molecule has 0 saturated heterocycles. The van der Waals surface area contributed by atoms with E-state index in [0.29, 0.717) is 19.3 Å². The lowest BCUT2D eigenvalue weighted by molar-refractivity contribution is -0.384. The first-order valence-corrected chi connectivity index (χ1v) is 16.7. The van der Waals surface area contributed by atoms with E-state index in [-0.39, 0.29) is 43.6 Å². The Bertz CT molecular complexity index is 1350. The number of sulfonamides is 1. The van der Waals surface area contributed by atoms with Gasteiger partial charge in [0.15, 0.2) is 0 Å². The number of hydrogen-bond acceptors (Lipinski definition) is 11. The summed E-state index contributed by atoms with van der Waals surface area (Å²) in [5, 5.41) is 21.2. The molecule has 3 unspecified atom stereocenters. The molecular formula is C29H51Cl2N3O10S2. The number of aliphatic hydroxyl groups excluding tert-OH is 1. The first-order valence-electron chi connectivity index (χ1n) is 15.4. The summed E-state index contributed by atoms with van der Waals surface area (Å²) in [5.74, 6) is -1.61. The Hall–Kier alpha value is -2.66. The highest BCUT2D eigenvalue weighted by Crippen LogP contribution is 2.18. The van der Waals surface area contributed by atoms with Crippen molar-refractivity contribution in [3.05, 3.63) is 72.3 Å². The van der Waals surface area contributed by atoms with Gasteiger partial charge in [-0.1, -0.05) is 33.1 Å². The van der Waals surface area contributed by atoms with Crippen molar-refractivity contribution >= 4 is 58.2 Å². The number of halogens is 2. The summed E-state index contributed by atoms with van der Waals surface area (Å²) >= 11 is 0. The van der Waals surface area contributed by atoms with E-state index < -0.39 is 67.6 Å². The highest BCUT2D eigenvalue weighted by Gasteiger charge is 2.24. The lowest BCUT2D eigenvalue weighted by Crippen LogP contribution is -2.34. The van der Waals surface area contributed by atoms with E-state index in [1.807, 2.05) is 0 Å². The molecule has 1 aromatic rings. The first-order chi connectivity index (χ1) is 22.7. The molecule has 0 amide bonds. The highest BCUT2D eigenvalue weighted by molar-refractivity contribution is 8.26. The van der Waals surface area contributed by atoms with Crippen LogP contribution in [0.25, 0.3) is 0 Å². The van der Waals surface area contributed by atoms with Gasteiger partial charge >= 0.3 is 11.9 Å². The van der Waals surface area contributed by atoms with Crippen molar-refractivity contribution < 1.29 is 49.9 Å². The van der Waals surface area contributed by atoms with Crippen molar-refractivity contribution in [1.29, 1.82) is 0 Å². The number of nitro benzene ring substituents is 1. The van der Waals surface area contributed by atoms with Crippen LogP contribution in [0.3, 0.4) is 0 Å². The van der Waals surface area contributed by atoms with Crippen LogP contribution < -0.4 is 5.32 Å². The van der Waals surface area contributed by atoms with Crippen molar-refractivity contribution in [1.82, 2.24) is 9.62 Å². The second-order valence-corrected chi connectivity index (χ2v) is 12.7. The van der Waals surface area contributed by atoms with Gasteiger partial charge in [-0.05, 0) is 46.3 Å². The topological polar surface area (TPSA) is 182 Å². The van der Waals surface area contributed by atoms with Crippen molar-refractivity contribution in [2.45, 2.75) is 78.1 Å². The second kappa shape index (κ2) is 31.0. The minimum absolute atomic E-state index is 0. The largest absolute Gasteiger partial charge is 0.461 e. The van der Waals surface area contributed by atoms with Crippen LogP contribution >= 0.6 is 21.4 Å². The van der Waals surface area contributed by atoms with Crippen LogP contribution in [0.15, 0.2) is 67.1 Å². The third-order valence-corrected chi connectivity index (χ3v) is 5.89. The van der Waals surface area contributed by atoms with Gasteiger partial charge in [0.1, 0.15) is 18.8 Å². The molecule has 268 valence electrons. The van der Waals surface area contributed by atoms with Crippen LogP contribution in [0, 0.1) is 10.1 Å². The molecule has 0 aliphatic heterocycles. The Labute approximate surface area is 294 Å². The van der Waals surface area contributed by atoms with E-state index in [1.54, 1.807) is 32.9 Å². The summed E-state index contributed by atoms with van der Waals surface area (Å²) < 4.78 is 86.7. The number of hydrogen-bond donors (Lipinski definition) is 2. The average Bonchev–Trinajstić information content (AvgIpc) is 2.94. The Morgan fingerprint density at radius 3 is 1.80 bits per heavy atom. The normalized spacial score (nSPS) is 14.3. The minimum atomic E-state index is -4.62. The van der Waals surface area contributed by atoms with Crippen LogP contribution in [0.1, 0.15) is 63.1 Å². The monoisotopic (exact) mass is 741 g/mol. The zero-order chi connectivity index (χ0) is 39.9. The number of ether oxygens (including phenoxy) is 2. The Morgan fingerprint density at radius 1 is 1.04 bits per heavy atom. The Balaban J connectivity index is -0.000000237.